The molecule has 4 heteroatoms. The summed E-state index contributed by atoms with van der Waals surface area (Å²) in [5.74, 6) is 0. The zero-order chi connectivity index (χ0) is 10.3. The van der Waals surface area contributed by atoms with Crippen molar-refractivity contribution in [1.82, 2.24) is 0 Å². The molecule has 1 aliphatic rings. The Balaban J connectivity index is 2.50. The van der Waals surface area contributed by atoms with Crippen molar-refractivity contribution in [2.45, 2.75) is 25.6 Å². The van der Waals surface area contributed by atoms with Crippen molar-refractivity contribution < 1.29 is 13.2 Å². The molecule has 0 radical (unpaired) electrons. The number of hydrogen-bond donors (Lipinski definition) is 1. The minimum atomic E-state index is -4.24. The Morgan fingerprint density at radius 3 is 2.71 bits per heavy atom. The van der Waals surface area contributed by atoms with Crippen molar-refractivity contribution in [3.8, 4) is 0 Å². The lowest BCUT2D eigenvalue weighted by atomic mass is 10.0. The van der Waals surface area contributed by atoms with Gasteiger partial charge in [0.05, 0.1) is 5.56 Å². The monoisotopic (exact) mass is 201 g/mol. The van der Waals surface area contributed by atoms with Crippen LogP contribution in [-0.2, 0) is 12.6 Å². The molecule has 1 aliphatic heterocycles. The molecule has 0 unspecified atom stereocenters. The van der Waals surface area contributed by atoms with Gasteiger partial charge in [0.2, 0.25) is 0 Å². The van der Waals surface area contributed by atoms with Crippen LogP contribution in [0.15, 0.2) is 18.2 Å². The zero-order valence-corrected chi connectivity index (χ0v) is 7.65. The van der Waals surface area contributed by atoms with Crippen LogP contribution < -0.4 is 5.32 Å². The molecule has 2 rings (SSSR count). The number of anilines is 1. The van der Waals surface area contributed by atoms with E-state index in [0.29, 0.717) is 17.7 Å². The van der Waals surface area contributed by atoms with Gasteiger partial charge in [0.15, 0.2) is 0 Å². The van der Waals surface area contributed by atoms with Crippen molar-refractivity contribution in [1.29, 1.82) is 0 Å². The quantitative estimate of drug-likeness (QED) is 0.680. The smallest absolute Gasteiger partial charge is 0.382 e. The van der Waals surface area contributed by atoms with Crippen molar-refractivity contribution in [3.63, 3.8) is 0 Å². The van der Waals surface area contributed by atoms with Gasteiger partial charge in [0, 0.05) is 11.7 Å². The highest BCUT2D eigenvalue weighted by atomic mass is 19.4. The number of rotatable bonds is 0. The predicted octanol–water partition coefficient (Wildman–Crippen LogP) is 3.06. The van der Waals surface area contributed by atoms with Crippen LogP contribution in [0.2, 0.25) is 0 Å². The second-order valence-electron chi connectivity index (χ2n) is 3.58. The maximum absolute atomic E-state index is 12.5. The van der Waals surface area contributed by atoms with Crippen molar-refractivity contribution in [2.24, 2.45) is 0 Å². The molecule has 0 aromatic heterocycles. The molecule has 0 saturated heterocycles. The summed E-state index contributed by atoms with van der Waals surface area (Å²) in [6.45, 7) is 1.88. The van der Waals surface area contributed by atoms with E-state index in [4.69, 9.17) is 0 Å². The van der Waals surface area contributed by atoms with Crippen LogP contribution in [0, 0.1) is 0 Å². The molecule has 0 spiro atoms. The van der Waals surface area contributed by atoms with Crippen LogP contribution >= 0.6 is 0 Å². The second kappa shape index (κ2) is 2.90. The lowest BCUT2D eigenvalue weighted by Gasteiger charge is -2.10. The molecule has 0 amide bonds. The van der Waals surface area contributed by atoms with E-state index in [-0.39, 0.29) is 6.04 Å². The minimum absolute atomic E-state index is 0.0912. The summed E-state index contributed by atoms with van der Waals surface area (Å²) in [7, 11) is 0. The molecule has 0 bridgehead atoms. The van der Waals surface area contributed by atoms with E-state index in [1.807, 2.05) is 6.92 Å². The van der Waals surface area contributed by atoms with Gasteiger partial charge in [-0.15, -0.1) is 0 Å². The fourth-order valence-corrected chi connectivity index (χ4v) is 1.83. The van der Waals surface area contributed by atoms with Gasteiger partial charge in [-0.05, 0) is 31.0 Å². The molecule has 0 saturated carbocycles. The Hall–Kier alpha value is -1.19. The lowest BCUT2D eigenvalue weighted by molar-refractivity contribution is -0.138. The molecule has 1 heterocycles. The third-order valence-electron chi connectivity index (χ3n) is 2.39. The van der Waals surface area contributed by atoms with Crippen molar-refractivity contribution >= 4 is 5.69 Å². The first-order chi connectivity index (χ1) is 6.48. The van der Waals surface area contributed by atoms with Gasteiger partial charge in [0.25, 0.3) is 0 Å². The van der Waals surface area contributed by atoms with E-state index in [9.17, 15) is 13.2 Å². The molecule has 1 atom stereocenters. The molecule has 1 N–H and O–H groups in total. The van der Waals surface area contributed by atoms with Gasteiger partial charge in [0.1, 0.15) is 0 Å². The van der Waals surface area contributed by atoms with Crippen molar-refractivity contribution in [2.75, 3.05) is 5.32 Å². The summed E-state index contributed by atoms with van der Waals surface area (Å²) in [6, 6.07) is 4.35. The summed E-state index contributed by atoms with van der Waals surface area (Å²) in [6.07, 6.45) is -3.79. The van der Waals surface area contributed by atoms with E-state index in [1.54, 1.807) is 6.07 Å². The first-order valence-corrected chi connectivity index (χ1v) is 4.44. The Morgan fingerprint density at radius 2 is 2.07 bits per heavy atom. The van der Waals surface area contributed by atoms with Crippen LogP contribution in [0.1, 0.15) is 18.1 Å². The Bertz CT molecular complexity index is 357. The first-order valence-electron chi connectivity index (χ1n) is 4.44. The normalized spacial score (nSPS) is 20.4. The molecule has 1 aromatic carbocycles. The van der Waals surface area contributed by atoms with Gasteiger partial charge in [-0.3, -0.25) is 0 Å². The lowest BCUT2D eigenvalue weighted by Crippen LogP contribution is -2.10. The summed E-state index contributed by atoms with van der Waals surface area (Å²) in [5.41, 5.74) is 0.506. The standard InChI is InChI=1S/C10H10F3N/c1-6-5-7-8(10(11,12)13)3-2-4-9(7)14-6/h2-4,6,14H,5H2,1H3/t6-/m1/s1. The van der Waals surface area contributed by atoms with Gasteiger partial charge in [-0.1, -0.05) is 6.07 Å². The molecular formula is C10H10F3N. The molecule has 1 aromatic rings. The molecular weight excluding hydrogens is 191 g/mol. The Kier molecular flexibility index (Phi) is 1.94. The fraction of sp³-hybridized carbons (Fsp3) is 0.400. The van der Waals surface area contributed by atoms with Crippen LogP contribution in [0.25, 0.3) is 0 Å². The zero-order valence-electron chi connectivity index (χ0n) is 7.65. The number of hydrogen-bond acceptors (Lipinski definition) is 1. The summed E-state index contributed by atoms with van der Waals surface area (Å²) >= 11 is 0. The molecule has 0 aliphatic carbocycles. The average molecular weight is 201 g/mol. The second-order valence-corrected chi connectivity index (χ2v) is 3.58. The average Bonchev–Trinajstić information content (AvgIpc) is 2.41. The van der Waals surface area contributed by atoms with Gasteiger partial charge in [-0.25, -0.2) is 0 Å². The number of nitrogens with one attached hydrogen (secondary N) is 1. The first kappa shape index (κ1) is 9.37. The highest BCUT2D eigenvalue weighted by Crippen LogP contribution is 2.38. The van der Waals surface area contributed by atoms with Gasteiger partial charge in [-0.2, -0.15) is 13.2 Å². The third-order valence-corrected chi connectivity index (χ3v) is 2.39. The van der Waals surface area contributed by atoms with E-state index in [0.717, 1.165) is 6.07 Å². The maximum atomic E-state index is 12.5. The third kappa shape index (κ3) is 1.45. The van der Waals surface area contributed by atoms with E-state index >= 15 is 0 Å². The SMILES string of the molecule is C[C@@H]1Cc2c(cccc2C(F)(F)F)N1. The van der Waals surface area contributed by atoms with E-state index in [2.05, 4.69) is 5.32 Å². The largest absolute Gasteiger partial charge is 0.416 e. The van der Waals surface area contributed by atoms with Crippen LogP contribution in [-0.4, -0.2) is 6.04 Å². The van der Waals surface area contributed by atoms with Crippen LogP contribution in [0.5, 0.6) is 0 Å². The topological polar surface area (TPSA) is 12.0 Å². The minimum Gasteiger partial charge on any atom is -0.382 e. The Morgan fingerprint density at radius 1 is 1.36 bits per heavy atom. The number of fused-ring (bicyclic) bond motifs is 1. The fourth-order valence-electron chi connectivity index (χ4n) is 1.83. The predicted molar refractivity (Wildman–Crippen MR) is 48.2 cm³/mol. The Labute approximate surface area is 79.9 Å². The molecule has 0 fully saturated rings. The molecule has 1 nitrogen and oxygen atoms in total. The van der Waals surface area contributed by atoms with Gasteiger partial charge < -0.3 is 5.32 Å². The highest BCUT2D eigenvalue weighted by molar-refractivity contribution is 5.60. The number of alkyl halides is 3. The molecule has 76 valence electrons. The highest BCUT2D eigenvalue weighted by Gasteiger charge is 2.36. The number of halogens is 3. The van der Waals surface area contributed by atoms with Crippen LogP contribution in [0.4, 0.5) is 18.9 Å². The maximum Gasteiger partial charge on any atom is 0.416 e. The summed E-state index contributed by atoms with van der Waals surface area (Å²) in [4.78, 5) is 0. The summed E-state index contributed by atoms with van der Waals surface area (Å²) in [5, 5.41) is 3.01. The van der Waals surface area contributed by atoms with E-state index in [1.165, 1.54) is 6.07 Å². The summed E-state index contributed by atoms with van der Waals surface area (Å²) < 4.78 is 37.6. The van der Waals surface area contributed by atoms with Gasteiger partial charge >= 0.3 is 6.18 Å². The van der Waals surface area contributed by atoms with Crippen LogP contribution in [0.3, 0.4) is 0 Å². The van der Waals surface area contributed by atoms with E-state index < -0.39 is 11.7 Å². The van der Waals surface area contributed by atoms with Crippen molar-refractivity contribution in [3.05, 3.63) is 29.3 Å². The number of benzene rings is 1. The molecule has 14 heavy (non-hydrogen) atoms.